The maximum Gasteiger partial charge on any atom is 0.406 e. The summed E-state index contributed by atoms with van der Waals surface area (Å²) in [7, 11) is 0. The van der Waals surface area contributed by atoms with Crippen LogP contribution in [0.15, 0.2) is 53.6 Å². The molecule has 94 valence electrons. The molecular weight excluding hydrogens is 243 g/mol. The van der Waals surface area contributed by atoms with Gasteiger partial charge in [-0.25, -0.2) is 0 Å². The van der Waals surface area contributed by atoms with E-state index in [1.54, 1.807) is 30.3 Å². The van der Waals surface area contributed by atoms with Crippen LogP contribution in [0.4, 0.5) is 13.2 Å². The number of aromatic nitrogens is 1. The fourth-order valence-electron chi connectivity index (χ4n) is 1.67. The Morgan fingerprint density at radius 1 is 1.06 bits per heavy atom. The first-order valence-electron chi connectivity index (χ1n) is 5.28. The predicted molar refractivity (Wildman–Crippen MR) is 62.2 cm³/mol. The van der Waals surface area contributed by atoms with Crippen molar-refractivity contribution in [3.63, 3.8) is 0 Å². The summed E-state index contributed by atoms with van der Waals surface area (Å²) in [6.07, 6.45) is -1.93. The van der Waals surface area contributed by atoms with Gasteiger partial charge in [-0.05, 0) is 5.56 Å². The van der Waals surface area contributed by atoms with Gasteiger partial charge in [0.25, 0.3) is 0 Å². The Morgan fingerprint density at radius 3 is 2.33 bits per heavy atom. The molecule has 0 aliphatic heterocycles. The third-order valence-corrected chi connectivity index (χ3v) is 2.42. The number of benzene rings is 1. The molecular formula is C13H10F3NO. The van der Waals surface area contributed by atoms with Crippen molar-refractivity contribution in [3.05, 3.63) is 59.0 Å². The van der Waals surface area contributed by atoms with Gasteiger partial charge in [0.1, 0.15) is 6.54 Å². The number of hydrogen-bond donors (Lipinski definition) is 0. The van der Waals surface area contributed by atoms with E-state index in [-0.39, 0.29) is 11.0 Å². The van der Waals surface area contributed by atoms with Gasteiger partial charge in [-0.15, -0.1) is 0 Å². The van der Waals surface area contributed by atoms with Crippen LogP contribution in [0.2, 0.25) is 0 Å². The van der Waals surface area contributed by atoms with Crippen molar-refractivity contribution in [1.29, 1.82) is 0 Å². The maximum atomic E-state index is 12.3. The molecule has 0 spiro atoms. The van der Waals surface area contributed by atoms with Gasteiger partial charge in [-0.3, -0.25) is 4.79 Å². The van der Waals surface area contributed by atoms with Crippen LogP contribution in [0.1, 0.15) is 0 Å². The van der Waals surface area contributed by atoms with Crippen LogP contribution < -0.4 is 5.43 Å². The van der Waals surface area contributed by atoms with Gasteiger partial charge < -0.3 is 4.57 Å². The van der Waals surface area contributed by atoms with Gasteiger partial charge in [0.05, 0.1) is 0 Å². The molecule has 5 heteroatoms. The highest BCUT2D eigenvalue weighted by atomic mass is 19.4. The summed E-state index contributed by atoms with van der Waals surface area (Å²) in [5, 5.41) is 0. The number of rotatable bonds is 2. The lowest BCUT2D eigenvalue weighted by Crippen LogP contribution is -2.19. The fourth-order valence-corrected chi connectivity index (χ4v) is 1.67. The summed E-state index contributed by atoms with van der Waals surface area (Å²) in [6, 6.07) is 9.77. The second-order valence-corrected chi connectivity index (χ2v) is 3.88. The average Bonchev–Trinajstić information content (AvgIpc) is 2.31. The first-order chi connectivity index (χ1) is 8.46. The lowest BCUT2D eigenvalue weighted by molar-refractivity contribution is -0.140. The van der Waals surface area contributed by atoms with E-state index in [1.165, 1.54) is 6.20 Å². The monoisotopic (exact) mass is 253 g/mol. The number of pyridine rings is 1. The third-order valence-electron chi connectivity index (χ3n) is 2.42. The van der Waals surface area contributed by atoms with Gasteiger partial charge >= 0.3 is 6.18 Å². The van der Waals surface area contributed by atoms with E-state index in [0.717, 1.165) is 16.8 Å². The van der Waals surface area contributed by atoms with E-state index in [1.807, 2.05) is 0 Å². The van der Waals surface area contributed by atoms with E-state index >= 15 is 0 Å². The van der Waals surface area contributed by atoms with E-state index in [0.29, 0.717) is 5.56 Å². The topological polar surface area (TPSA) is 22.0 Å². The Balaban J connectivity index is 2.43. The number of halogens is 3. The predicted octanol–water partition coefficient (Wildman–Crippen LogP) is 3.08. The minimum absolute atomic E-state index is 0.266. The highest BCUT2D eigenvalue weighted by Gasteiger charge is 2.27. The van der Waals surface area contributed by atoms with Crippen molar-refractivity contribution >= 4 is 0 Å². The zero-order chi connectivity index (χ0) is 13.2. The quantitative estimate of drug-likeness (QED) is 0.806. The first-order valence-corrected chi connectivity index (χ1v) is 5.28. The van der Waals surface area contributed by atoms with E-state index in [9.17, 15) is 18.0 Å². The summed E-state index contributed by atoms with van der Waals surface area (Å²) in [5.74, 6) is 0. The molecule has 0 aliphatic carbocycles. The molecule has 18 heavy (non-hydrogen) atoms. The van der Waals surface area contributed by atoms with Crippen LogP contribution in [0.25, 0.3) is 11.1 Å². The lowest BCUT2D eigenvalue weighted by Gasteiger charge is -2.11. The molecule has 1 heterocycles. The van der Waals surface area contributed by atoms with Crippen molar-refractivity contribution < 1.29 is 13.2 Å². The Labute approximate surface area is 101 Å². The van der Waals surface area contributed by atoms with E-state index in [2.05, 4.69) is 0 Å². The van der Waals surface area contributed by atoms with Crippen LogP contribution in [0.3, 0.4) is 0 Å². The average molecular weight is 253 g/mol. The van der Waals surface area contributed by atoms with Crippen molar-refractivity contribution in [1.82, 2.24) is 4.57 Å². The Bertz CT molecular complexity index is 587. The molecule has 2 rings (SSSR count). The lowest BCUT2D eigenvalue weighted by atomic mass is 10.1. The molecule has 1 aromatic heterocycles. The molecule has 0 unspecified atom stereocenters. The highest BCUT2D eigenvalue weighted by Crippen LogP contribution is 2.19. The Hall–Kier alpha value is -2.04. The van der Waals surface area contributed by atoms with Gasteiger partial charge in [-0.2, -0.15) is 13.2 Å². The smallest absolute Gasteiger partial charge is 0.344 e. The normalized spacial score (nSPS) is 11.5. The molecule has 0 N–H and O–H groups in total. The molecule has 0 saturated carbocycles. The van der Waals surface area contributed by atoms with Crippen LogP contribution in [0.5, 0.6) is 0 Å². The van der Waals surface area contributed by atoms with Crippen molar-refractivity contribution in [2.75, 3.05) is 0 Å². The minimum atomic E-state index is -4.30. The van der Waals surface area contributed by atoms with Crippen molar-refractivity contribution in [2.45, 2.75) is 12.7 Å². The van der Waals surface area contributed by atoms with Crippen LogP contribution in [0, 0.1) is 0 Å². The number of hydrogen-bond acceptors (Lipinski definition) is 1. The SMILES string of the molecule is O=c1ccn(CC(F)(F)F)cc1-c1ccccc1. The molecule has 0 bridgehead atoms. The summed E-state index contributed by atoms with van der Waals surface area (Å²) in [4.78, 5) is 11.6. The molecule has 0 radical (unpaired) electrons. The van der Waals surface area contributed by atoms with Crippen molar-refractivity contribution in [2.24, 2.45) is 0 Å². The summed E-state index contributed by atoms with van der Waals surface area (Å²) in [6.45, 7) is -1.10. The summed E-state index contributed by atoms with van der Waals surface area (Å²) >= 11 is 0. The van der Waals surface area contributed by atoms with E-state index in [4.69, 9.17) is 0 Å². The van der Waals surface area contributed by atoms with E-state index < -0.39 is 12.7 Å². The molecule has 0 amide bonds. The standard InChI is InChI=1S/C13H10F3NO/c14-13(15,16)9-17-7-6-12(18)11(8-17)10-4-2-1-3-5-10/h1-8H,9H2. The number of nitrogens with zero attached hydrogens (tertiary/aromatic N) is 1. The molecule has 0 aliphatic rings. The minimum Gasteiger partial charge on any atom is -0.344 e. The highest BCUT2D eigenvalue weighted by molar-refractivity contribution is 5.61. The van der Waals surface area contributed by atoms with Gasteiger partial charge in [-0.1, -0.05) is 30.3 Å². The zero-order valence-corrected chi connectivity index (χ0v) is 9.32. The Morgan fingerprint density at radius 2 is 1.72 bits per heavy atom. The molecule has 0 fully saturated rings. The van der Waals surface area contributed by atoms with Crippen molar-refractivity contribution in [3.8, 4) is 11.1 Å². The first kappa shape index (κ1) is 12.4. The second kappa shape index (κ2) is 4.68. The molecule has 2 aromatic rings. The van der Waals surface area contributed by atoms with Crippen LogP contribution in [-0.4, -0.2) is 10.7 Å². The maximum absolute atomic E-state index is 12.3. The largest absolute Gasteiger partial charge is 0.406 e. The summed E-state index contributed by atoms with van der Waals surface area (Å²) in [5.41, 5.74) is 0.584. The zero-order valence-electron chi connectivity index (χ0n) is 9.32. The van der Waals surface area contributed by atoms with Crippen LogP contribution >= 0.6 is 0 Å². The Kier molecular flexibility index (Phi) is 3.23. The molecule has 0 atom stereocenters. The van der Waals surface area contributed by atoms with Gasteiger partial charge in [0, 0.05) is 24.0 Å². The third kappa shape index (κ3) is 3.00. The molecule has 1 aromatic carbocycles. The number of alkyl halides is 3. The summed E-state index contributed by atoms with van der Waals surface area (Å²) < 4.78 is 37.8. The second-order valence-electron chi connectivity index (χ2n) is 3.88. The molecule has 0 saturated heterocycles. The molecule has 2 nitrogen and oxygen atoms in total. The van der Waals surface area contributed by atoms with Gasteiger partial charge in [0.2, 0.25) is 0 Å². The van der Waals surface area contributed by atoms with Crippen LogP contribution in [-0.2, 0) is 6.54 Å². The fraction of sp³-hybridized carbons (Fsp3) is 0.154. The van der Waals surface area contributed by atoms with Gasteiger partial charge in [0.15, 0.2) is 5.43 Å².